The Balaban J connectivity index is 2.10. The number of benzene rings is 2. The predicted octanol–water partition coefficient (Wildman–Crippen LogP) is 5.76. The number of Topliss-reactive ketones (excluding diaryl/α,β-unsaturated/α-hetero) is 2. The van der Waals surface area contributed by atoms with Crippen molar-refractivity contribution in [2.75, 3.05) is 31.9 Å². The van der Waals surface area contributed by atoms with Gasteiger partial charge in [0.2, 0.25) is 0 Å². The van der Waals surface area contributed by atoms with Crippen molar-refractivity contribution in [3.05, 3.63) is 47.5 Å². The number of alkyl halides is 2. The van der Waals surface area contributed by atoms with Crippen molar-refractivity contribution < 1.29 is 9.59 Å². The molecule has 0 amide bonds. The number of carbonyl (C=O) groups excluding carboxylic acids is 2. The molecule has 6 heteroatoms. The number of aromatic nitrogens is 1. The van der Waals surface area contributed by atoms with Crippen LogP contribution in [-0.2, 0) is 6.54 Å². The second-order valence-corrected chi connectivity index (χ2v) is 8.35. The number of halogens is 2. The van der Waals surface area contributed by atoms with Crippen molar-refractivity contribution in [1.29, 1.82) is 0 Å². The Morgan fingerprint density at radius 3 is 1.83 bits per heavy atom. The second kappa shape index (κ2) is 10.4. The lowest BCUT2D eigenvalue weighted by Crippen LogP contribution is -2.20. The van der Waals surface area contributed by atoms with Gasteiger partial charge >= 0.3 is 0 Å². The Morgan fingerprint density at radius 1 is 0.900 bits per heavy atom. The molecule has 0 N–H and O–H groups in total. The van der Waals surface area contributed by atoms with Crippen LogP contribution in [0.5, 0.6) is 0 Å². The Labute approximate surface area is 187 Å². The molecule has 160 valence electrons. The molecule has 0 atom stereocenters. The van der Waals surface area contributed by atoms with Gasteiger partial charge in [0.05, 0.1) is 0 Å². The van der Waals surface area contributed by atoms with Crippen molar-refractivity contribution in [2.24, 2.45) is 0 Å². The first-order valence-electron chi connectivity index (χ1n) is 10.4. The van der Waals surface area contributed by atoms with E-state index in [0.29, 0.717) is 35.7 Å². The maximum atomic E-state index is 12.4. The smallest absolute Gasteiger partial charge is 0.164 e. The van der Waals surface area contributed by atoms with E-state index in [1.165, 1.54) is 0 Å². The number of hydrogen-bond acceptors (Lipinski definition) is 3. The van der Waals surface area contributed by atoms with Gasteiger partial charge in [-0.3, -0.25) is 9.59 Å². The molecular weight excluding hydrogens is 419 g/mol. The third-order valence-electron chi connectivity index (χ3n) is 5.61. The molecule has 1 heterocycles. The minimum Gasteiger partial charge on any atom is -0.340 e. The summed E-state index contributed by atoms with van der Waals surface area (Å²) in [6, 6.07) is 11.7. The van der Waals surface area contributed by atoms with Crippen LogP contribution in [0, 0.1) is 0 Å². The molecule has 0 aliphatic heterocycles. The average molecular weight is 447 g/mol. The van der Waals surface area contributed by atoms with Crippen molar-refractivity contribution in [3.63, 3.8) is 0 Å². The summed E-state index contributed by atoms with van der Waals surface area (Å²) >= 11 is 11.5. The normalized spacial score (nSPS) is 11.6. The molecule has 0 spiro atoms. The van der Waals surface area contributed by atoms with E-state index in [1.54, 1.807) is 0 Å². The Morgan fingerprint density at radius 2 is 1.40 bits per heavy atom. The van der Waals surface area contributed by atoms with E-state index in [-0.39, 0.29) is 11.6 Å². The summed E-state index contributed by atoms with van der Waals surface area (Å²) in [6.45, 7) is 5.05. The molecule has 0 fully saturated rings. The highest BCUT2D eigenvalue weighted by molar-refractivity contribution is 6.20. The van der Waals surface area contributed by atoms with Crippen LogP contribution in [0.1, 0.15) is 46.9 Å². The highest BCUT2D eigenvalue weighted by atomic mass is 35.5. The summed E-state index contributed by atoms with van der Waals surface area (Å²) in [7, 11) is 2.12. The van der Waals surface area contributed by atoms with Crippen LogP contribution in [0.2, 0.25) is 0 Å². The molecule has 3 rings (SSSR count). The first-order valence-corrected chi connectivity index (χ1v) is 11.5. The zero-order chi connectivity index (χ0) is 21.7. The fourth-order valence-corrected chi connectivity index (χ4v) is 4.15. The molecule has 0 radical (unpaired) electrons. The average Bonchev–Trinajstić information content (AvgIpc) is 3.06. The van der Waals surface area contributed by atoms with Crippen LogP contribution >= 0.6 is 23.2 Å². The van der Waals surface area contributed by atoms with E-state index in [9.17, 15) is 9.59 Å². The third kappa shape index (κ3) is 4.88. The topological polar surface area (TPSA) is 42.3 Å². The van der Waals surface area contributed by atoms with Gasteiger partial charge in [0.25, 0.3) is 0 Å². The molecule has 30 heavy (non-hydrogen) atoms. The molecule has 2 aromatic carbocycles. The lowest BCUT2D eigenvalue weighted by molar-refractivity contribution is 0.0981. The van der Waals surface area contributed by atoms with Gasteiger partial charge in [0.15, 0.2) is 11.6 Å². The van der Waals surface area contributed by atoms with Crippen molar-refractivity contribution in [2.45, 2.75) is 32.7 Å². The zero-order valence-electron chi connectivity index (χ0n) is 17.6. The van der Waals surface area contributed by atoms with Crippen molar-refractivity contribution in [3.8, 4) is 0 Å². The van der Waals surface area contributed by atoms with Gasteiger partial charge in [-0.05, 0) is 63.0 Å². The molecule has 0 saturated heterocycles. The van der Waals surface area contributed by atoms with Gasteiger partial charge in [-0.2, -0.15) is 0 Å². The lowest BCUT2D eigenvalue weighted by atomic mass is 10.0. The molecule has 4 nitrogen and oxygen atoms in total. The number of carbonyl (C=O) groups is 2. The van der Waals surface area contributed by atoms with Crippen LogP contribution in [0.3, 0.4) is 0 Å². The first-order chi connectivity index (χ1) is 14.5. The molecule has 0 unspecified atom stereocenters. The molecule has 3 aromatic rings. The minimum absolute atomic E-state index is 0.0340. The van der Waals surface area contributed by atoms with Gasteiger partial charge < -0.3 is 9.47 Å². The molecule has 0 bridgehead atoms. The molecular formula is C24H28Cl2N2O2. The van der Waals surface area contributed by atoms with E-state index in [2.05, 4.69) is 23.4 Å². The lowest BCUT2D eigenvalue weighted by Gasteiger charge is -2.14. The fraction of sp³-hybridized carbons (Fsp3) is 0.417. The molecule has 0 saturated carbocycles. The van der Waals surface area contributed by atoms with Crippen LogP contribution in [0.15, 0.2) is 36.4 Å². The summed E-state index contributed by atoms with van der Waals surface area (Å²) in [6.07, 6.45) is 1.64. The monoisotopic (exact) mass is 446 g/mol. The standard InChI is InChI=1S/C24H28Cl2N2O2/c1-3-27(2)13-4-14-28-21-7-5-17(23(29)9-11-25)15-19(21)20-16-18(6-8-22(20)28)24(30)10-12-26/h5-8,15-16H,3-4,9-14H2,1-2H3. The number of nitrogens with zero attached hydrogens (tertiary/aromatic N) is 2. The van der Waals surface area contributed by atoms with Crippen LogP contribution in [0.25, 0.3) is 21.8 Å². The number of fused-ring (bicyclic) bond motifs is 3. The summed E-state index contributed by atoms with van der Waals surface area (Å²) < 4.78 is 2.29. The maximum absolute atomic E-state index is 12.4. The molecule has 0 aliphatic rings. The summed E-state index contributed by atoms with van der Waals surface area (Å²) in [5.74, 6) is 0.680. The Kier molecular flexibility index (Phi) is 7.93. The zero-order valence-corrected chi connectivity index (χ0v) is 19.1. The Hall–Kier alpha value is -1.88. The first kappa shape index (κ1) is 22.8. The quantitative estimate of drug-likeness (QED) is 0.277. The number of rotatable bonds is 11. The number of ketones is 2. The van der Waals surface area contributed by atoms with Gasteiger partial charge in [-0.25, -0.2) is 0 Å². The van der Waals surface area contributed by atoms with E-state index in [4.69, 9.17) is 23.2 Å². The van der Waals surface area contributed by atoms with E-state index < -0.39 is 0 Å². The predicted molar refractivity (Wildman–Crippen MR) is 127 cm³/mol. The summed E-state index contributed by atoms with van der Waals surface area (Å²) in [5.41, 5.74) is 3.47. The van der Waals surface area contributed by atoms with Crippen LogP contribution in [-0.4, -0.2) is 52.9 Å². The Bertz CT molecular complexity index is 983. The molecule has 1 aromatic heterocycles. The summed E-state index contributed by atoms with van der Waals surface area (Å²) in [4.78, 5) is 27.1. The third-order valence-corrected chi connectivity index (χ3v) is 5.99. The van der Waals surface area contributed by atoms with E-state index in [0.717, 1.165) is 47.9 Å². The maximum Gasteiger partial charge on any atom is 0.164 e. The van der Waals surface area contributed by atoms with Gasteiger partial charge in [-0.1, -0.05) is 6.92 Å². The largest absolute Gasteiger partial charge is 0.340 e. The van der Waals surface area contributed by atoms with Gasteiger partial charge in [0, 0.05) is 64.1 Å². The van der Waals surface area contributed by atoms with Crippen molar-refractivity contribution >= 4 is 56.6 Å². The van der Waals surface area contributed by atoms with Crippen molar-refractivity contribution in [1.82, 2.24) is 9.47 Å². The minimum atomic E-state index is 0.0340. The van der Waals surface area contributed by atoms with E-state index in [1.807, 2.05) is 36.4 Å². The molecule has 0 aliphatic carbocycles. The highest BCUT2D eigenvalue weighted by Crippen LogP contribution is 2.31. The highest BCUT2D eigenvalue weighted by Gasteiger charge is 2.16. The van der Waals surface area contributed by atoms with Crippen LogP contribution in [0.4, 0.5) is 0 Å². The van der Waals surface area contributed by atoms with Gasteiger partial charge in [-0.15, -0.1) is 23.2 Å². The second-order valence-electron chi connectivity index (χ2n) is 7.59. The van der Waals surface area contributed by atoms with Crippen LogP contribution < -0.4 is 0 Å². The summed E-state index contributed by atoms with van der Waals surface area (Å²) in [5, 5.41) is 1.99. The van der Waals surface area contributed by atoms with E-state index >= 15 is 0 Å². The van der Waals surface area contributed by atoms with Gasteiger partial charge in [0.1, 0.15) is 0 Å². The SMILES string of the molecule is CCN(C)CCCn1c2ccc(C(=O)CCCl)cc2c2cc(C(=O)CCCl)ccc21. The number of aryl methyl sites for hydroxylation is 1. The fourth-order valence-electron chi connectivity index (χ4n) is 3.81. The number of hydrogen-bond donors (Lipinski definition) is 0.